The third-order valence-corrected chi connectivity index (χ3v) is 2.34. The van der Waals surface area contributed by atoms with E-state index in [1.165, 1.54) is 0 Å². The van der Waals surface area contributed by atoms with E-state index in [2.05, 4.69) is 24.9 Å². The molecule has 3 aromatic rings. The lowest BCUT2D eigenvalue weighted by molar-refractivity contribution is 0.913. The zero-order valence-corrected chi connectivity index (χ0v) is 8.81. The average molecular weight is 232 g/mol. The first-order chi connectivity index (χ1) is 8.13. The molecule has 0 bridgehead atoms. The standard InChI is InChI=1S/C9H8N6O2/c1-15-2-4(10-3-15)6-11-5-7(12-6)13-9(17)14-8(5)16/h2-3H,1H3,(H3,11,12,13,14,16,17). The van der Waals surface area contributed by atoms with Gasteiger partial charge >= 0.3 is 5.69 Å². The van der Waals surface area contributed by atoms with Crippen molar-refractivity contribution >= 4 is 11.2 Å². The van der Waals surface area contributed by atoms with Gasteiger partial charge in [0, 0.05) is 13.2 Å². The summed E-state index contributed by atoms with van der Waals surface area (Å²) in [6.45, 7) is 0. The van der Waals surface area contributed by atoms with Gasteiger partial charge in [-0.3, -0.25) is 14.8 Å². The first-order valence-electron chi connectivity index (χ1n) is 4.84. The van der Waals surface area contributed by atoms with E-state index >= 15 is 0 Å². The van der Waals surface area contributed by atoms with Crippen LogP contribution in [0.15, 0.2) is 22.1 Å². The van der Waals surface area contributed by atoms with Crippen LogP contribution in [0.5, 0.6) is 0 Å². The number of nitrogens with one attached hydrogen (secondary N) is 3. The number of rotatable bonds is 1. The van der Waals surface area contributed by atoms with Gasteiger partial charge in [-0.2, -0.15) is 0 Å². The van der Waals surface area contributed by atoms with Gasteiger partial charge in [0.05, 0.1) is 6.33 Å². The molecule has 0 aliphatic heterocycles. The van der Waals surface area contributed by atoms with Crippen LogP contribution in [0.1, 0.15) is 0 Å². The zero-order valence-electron chi connectivity index (χ0n) is 8.81. The lowest BCUT2D eigenvalue weighted by Crippen LogP contribution is -2.21. The van der Waals surface area contributed by atoms with Crippen LogP contribution in [0.25, 0.3) is 22.7 Å². The molecule has 3 aromatic heterocycles. The topological polar surface area (TPSA) is 112 Å². The van der Waals surface area contributed by atoms with Crippen molar-refractivity contribution in [3.05, 3.63) is 33.4 Å². The molecular weight excluding hydrogens is 224 g/mol. The average Bonchev–Trinajstić information content (AvgIpc) is 2.83. The first kappa shape index (κ1) is 9.58. The lowest BCUT2D eigenvalue weighted by Gasteiger charge is -1.85. The minimum atomic E-state index is -0.582. The van der Waals surface area contributed by atoms with E-state index in [0.29, 0.717) is 11.5 Å². The van der Waals surface area contributed by atoms with Crippen LogP contribution >= 0.6 is 0 Å². The summed E-state index contributed by atoms with van der Waals surface area (Å²) in [5, 5.41) is 0. The molecule has 0 spiro atoms. The van der Waals surface area contributed by atoms with Crippen molar-refractivity contribution in [2.75, 3.05) is 0 Å². The molecular formula is C9H8N6O2. The fraction of sp³-hybridized carbons (Fsp3) is 0.111. The molecule has 0 saturated carbocycles. The fourth-order valence-electron chi connectivity index (χ4n) is 1.59. The number of fused-ring (bicyclic) bond motifs is 1. The number of hydrogen-bond donors (Lipinski definition) is 3. The van der Waals surface area contributed by atoms with Gasteiger partial charge in [-0.25, -0.2) is 14.8 Å². The highest BCUT2D eigenvalue weighted by atomic mass is 16.2. The summed E-state index contributed by atoms with van der Waals surface area (Å²) in [5.74, 6) is 0.438. The van der Waals surface area contributed by atoms with E-state index in [-0.39, 0.29) is 11.2 Å². The monoisotopic (exact) mass is 232 g/mol. The van der Waals surface area contributed by atoms with Crippen LogP contribution in [0, 0.1) is 0 Å². The Bertz CT molecular complexity index is 805. The summed E-state index contributed by atoms with van der Waals surface area (Å²) in [4.78, 5) is 38.1. The van der Waals surface area contributed by atoms with E-state index in [9.17, 15) is 9.59 Å². The molecule has 3 rings (SSSR count). The number of aromatic amines is 3. The Kier molecular flexibility index (Phi) is 1.79. The molecule has 17 heavy (non-hydrogen) atoms. The van der Waals surface area contributed by atoms with Gasteiger partial charge in [-0.05, 0) is 0 Å². The highest BCUT2D eigenvalue weighted by Crippen LogP contribution is 2.13. The van der Waals surface area contributed by atoms with Crippen molar-refractivity contribution in [3.63, 3.8) is 0 Å². The predicted molar refractivity (Wildman–Crippen MR) is 59.5 cm³/mol. The van der Waals surface area contributed by atoms with Crippen molar-refractivity contribution in [2.45, 2.75) is 0 Å². The molecule has 0 amide bonds. The Hall–Kier alpha value is -2.64. The number of hydrogen-bond acceptors (Lipinski definition) is 4. The van der Waals surface area contributed by atoms with Crippen LogP contribution in [0.4, 0.5) is 0 Å². The van der Waals surface area contributed by atoms with Crippen molar-refractivity contribution in [3.8, 4) is 11.5 Å². The zero-order chi connectivity index (χ0) is 12.0. The van der Waals surface area contributed by atoms with Crippen molar-refractivity contribution in [2.24, 2.45) is 7.05 Å². The summed E-state index contributed by atoms with van der Waals surface area (Å²) in [6.07, 6.45) is 3.37. The third kappa shape index (κ3) is 1.46. The van der Waals surface area contributed by atoms with Crippen molar-refractivity contribution in [1.29, 1.82) is 0 Å². The lowest BCUT2D eigenvalue weighted by atomic mass is 10.4. The number of H-pyrrole nitrogens is 3. The smallest absolute Gasteiger partial charge is 0.327 e. The van der Waals surface area contributed by atoms with Crippen LogP contribution in [0.3, 0.4) is 0 Å². The molecule has 8 nitrogen and oxygen atoms in total. The Labute approximate surface area is 93.4 Å². The molecule has 0 saturated heterocycles. The second-order valence-corrected chi connectivity index (χ2v) is 3.64. The summed E-state index contributed by atoms with van der Waals surface area (Å²) in [5.41, 5.74) is -0.0337. The fourth-order valence-corrected chi connectivity index (χ4v) is 1.59. The van der Waals surface area contributed by atoms with Crippen LogP contribution in [0.2, 0.25) is 0 Å². The van der Waals surface area contributed by atoms with E-state index in [1.54, 1.807) is 17.1 Å². The normalized spacial score (nSPS) is 11.1. The molecule has 0 aliphatic carbocycles. The van der Waals surface area contributed by atoms with Gasteiger partial charge in [0.15, 0.2) is 11.5 Å². The second kappa shape index (κ2) is 3.17. The molecule has 3 N–H and O–H groups in total. The molecule has 0 aliphatic rings. The number of imidazole rings is 2. The van der Waals surface area contributed by atoms with E-state index in [4.69, 9.17) is 0 Å². The van der Waals surface area contributed by atoms with E-state index < -0.39 is 11.2 Å². The first-order valence-corrected chi connectivity index (χ1v) is 4.84. The second-order valence-electron chi connectivity index (χ2n) is 3.64. The highest BCUT2D eigenvalue weighted by Gasteiger charge is 2.10. The summed E-state index contributed by atoms with van der Waals surface area (Å²) < 4.78 is 1.76. The molecule has 0 radical (unpaired) electrons. The van der Waals surface area contributed by atoms with Gasteiger partial charge in [-0.15, -0.1) is 0 Å². The molecule has 86 valence electrons. The molecule has 0 atom stereocenters. The Balaban J connectivity index is 2.30. The van der Waals surface area contributed by atoms with Gasteiger partial charge in [0.1, 0.15) is 11.2 Å². The van der Waals surface area contributed by atoms with E-state index in [1.807, 2.05) is 7.05 Å². The summed E-state index contributed by atoms with van der Waals surface area (Å²) >= 11 is 0. The van der Waals surface area contributed by atoms with Gasteiger partial charge in [0.25, 0.3) is 5.56 Å². The largest absolute Gasteiger partial charge is 0.340 e. The van der Waals surface area contributed by atoms with Crippen LogP contribution in [-0.4, -0.2) is 29.5 Å². The molecule has 8 heteroatoms. The summed E-state index contributed by atoms with van der Waals surface area (Å²) in [6, 6.07) is 0. The quantitative estimate of drug-likeness (QED) is 0.517. The number of aryl methyl sites for hydroxylation is 1. The third-order valence-electron chi connectivity index (χ3n) is 2.34. The van der Waals surface area contributed by atoms with Crippen LogP contribution in [-0.2, 0) is 7.05 Å². The molecule has 3 heterocycles. The number of nitrogens with zero attached hydrogens (tertiary/aromatic N) is 3. The molecule has 0 unspecified atom stereocenters. The minimum Gasteiger partial charge on any atom is -0.340 e. The Morgan fingerprint density at radius 3 is 2.76 bits per heavy atom. The summed E-state index contributed by atoms with van der Waals surface area (Å²) in [7, 11) is 1.83. The minimum absolute atomic E-state index is 0.222. The Morgan fingerprint density at radius 2 is 2.06 bits per heavy atom. The van der Waals surface area contributed by atoms with Gasteiger partial charge in [-0.1, -0.05) is 0 Å². The van der Waals surface area contributed by atoms with Crippen LogP contribution < -0.4 is 11.2 Å². The maximum atomic E-state index is 11.5. The Morgan fingerprint density at radius 1 is 1.24 bits per heavy atom. The maximum Gasteiger partial charge on any atom is 0.327 e. The molecule has 0 aromatic carbocycles. The molecule has 0 fully saturated rings. The van der Waals surface area contributed by atoms with E-state index in [0.717, 1.165) is 0 Å². The van der Waals surface area contributed by atoms with Gasteiger partial charge < -0.3 is 9.55 Å². The highest BCUT2D eigenvalue weighted by molar-refractivity contribution is 5.73. The predicted octanol–water partition coefficient (Wildman–Crippen LogP) is -0.660. The maximum absolute atomic E-state index is 11.5. The number of aromatic nitrogens is 6. The van der Waals surface area contributed by atoms with Crippen molar-refractivity contribution in [1.82, 2.24) is 29.5 Å². The van der Waals surface area contributed by atoms with Gasteiger partial charge in [0.2, 0.25) is 0 Å². The van der Waals surface area contributed by atoms with Crippen molar-refractivity contribution < 1.29 is 0 Å². The SMILES string of the molecule is Cn1cnc(-c2nc3[nH]c(=O)[nH]c(=O)c3[nH]2)c1.